The Kier molecular flexibility index (Phi) is 3.79. The summed E-state index contributed by atoms with van der Waals surface area (Å²) in [4.78, 5) is -0.171. The summed E-state index contributed by atoms with van der Waals surface area (Å²) in [6.45, 7) is 0. The number of nitrogens with one attached hydrogen (secondary N) is 1. The molecule has 7 heteroatoms. The lowest BCUT2D eigenvalue weighted by molar-refractivity contribution is 0.552. The van der Waals surface area contributed by atoms with Crippen LogP contribution in [0.25, 0.3) is 0 Å². The van der Waals surface area contributed by atoms with Crippen molar-refractivity contribution >= 4 is 27.3 Å². The van der Waals surface area contributed by atoms with E-state index in [4.69, 9.17) is 17.3 Å². The minimum Gasteiger partial charge on any atom is -0.396 e. The van der Waals surface area contributed by atoms with Crippen LogP contribution in [0, 0.1) is 5.82 Å². The molecular formula is C11H14ClFN2O2S. The second-order valence-electron chi connectivity index (χ2n) is 4.41. The maximum atomic E-state index is 13.1. The van der Waals surface area contributed by atoms with Crippen molar-refractivity contribution in [1.29, 1.82) is 0 Å². The molecule has 1 aliphatic rings. The Morgan fingerprint density at radius 3 is 2.56 bits per heavy atom. The molecule has 1 aliphatic carbocycles. The molecule has 1 aromatic carbocycles. The molecule has 0 heterocycles. The van der Waals surface area contributed by atoms with E-state index in [1.165, 1.54) is 0 Å². The summed E-state index contributed by atoms with van der Waals surface area (Å²) in [5.74, 6) is -0.722. The van der Waals surface area contributed by atoms with Crippen LogP contribution in [0.5, 0.6) is 0 Å². The van der Waals surface area contributed by atoms with Crippen molar-refractivity contribution in [2.75, 3.05) is 5.73 Å². The van der Waals surface area contributed by atoms with Gasteiger partial charge in [0, 0.05) is 6.04 Å². The molecule has 100 valence electrons. The molecule has 2 rings (SSSR count). The fourth-order valence-electron chi connectivity index (χ4n) is 2.08. The second-order valence-corrected chi connectivity index (χ2v) is 6.50. The zero-order valence-electron chi connectivity index (χ0n) is 9.62. The maximum absolute atomic E-state index is 13.1. The third-order valence-corrected chi connectivity index (χ3v) is 5.00. The van der Waals surface area contributed by atoms with E-state index in [2.05, 4.69) is 4.72 Å². The highest BCUT2D eigenvalue weighted by atomic mass is 35.5. The molecule has 0 amide bonds. The van der Waals surface area contributed by atoms with E-state index in [0.717, 1.165) is 37.8 Å². The van der Waals surface area contributed by atoms with Gasteiger partial charge in [-0.2, -0.15) is 0 Å². The molecule has 0 bridgehead atoms. The van der Waals surface area contributed by atoms with E-state index in [1.807, 2.05) is 0 Å². The van der Waals surface area contributed by atoms with Gasteiger partial charge < -0.3 is 5.73 Å². The van der Waals surface area contributed by atoms with Crippen molar-refractivity contribution in [3.8, 4) is 0 Å². The summed E-state index contributed by atoms with van der Waals surface area (Å²) in [5, 5.41) is -0.160. The van der Waals surface area contributed by atoms with Gasteiger partial charge in [0.25, 0.3) is 0 Å². The van der Waals surface area contributed by atoms with Crippen LogP contribution >= 0.6 is 11.6 Å². The van der Waals surface area contributed by atoms with Gasteiger partial charge >= 0.3 is 0 Å². The van der Waals surface area contributed by atoms with Crippen LogP contribution in [0.15, 0.2) is 17.0 Å². The van der Waals surface area contributed by atoms with E-state index in [0.29, 0.717) is 0 Å². The van der Waals surface area contributed by atoms with Gasteiger partial charge in [-0.15, -0.1) is 0 Å². The largest absolute Gasteiger partial charge is 0.396 e. The molecule has 0 atom stereocenters. The molecule has 0 radical (unpaired) electrons. The third kappa shape index (κ3) is 2.76. The number of halogens is 2. The molecule has 18 heavy (non-hydrogen) atoms. The van der Waals surface area contributed by atoms with Crippen molar-refractivity contribution in [1.82, 2.24) is 4.72 Å². The zero-order chi connectivity index (χ0) is 13.3. The average molecular weight is 293 g/mol. The fourth-order valence-corrected chi connectivity index (χ4v) is 3.93. The number of sulfonamides is 1. The van der Waals surface area contributed by atoms with Crippen LogP contribution in [0.1, 0.15) is 25.7 Å². The molecule has 0 saturated heterocycles. The lowest BCUT2D eigenvalue weighted by atomic mass is 10.3. The minimum atomic E-state index is -3.74. The third-order valence-electron chi connectivity index (χ3n) is 3.02. The molecule has 1 aromatic rings. The van der Waals surface area contributed by atoms with Crippen molar-refractivity contribution in [3.05, 3.63) is 23.0 Å². The SMILES string of the molecule is Nc1cc(S(=O)(=O)NC2CCCC2)c(Cl)cc1F. The van der Waals surface area contributed by atoms with E-state index < -0.39 is 15.8 Å². The quantitative estimate of drug-likeness (QED) is 0.840. The maximum Gasteiger partial charge on any atom is 0.242 e. The second kappa shape index (κ2) is 5.03. The zero-order valence-corrected chi connectivity index (χ0v) is 11.2. The highest BCUT2D eigenvalue weighted by molar-refractivity contribution is 7.89. The van der Waals surface area contributed by atoms with Crippen LogP contribution in [0.2, 0.25) is 5.02 Å². The number of hydrogen-bond donors (Lipinski definition) is 2. The standard InChI is InChI=1S/C11H14ClFN2O2S/c12-8-5-9(13)10(14)6-11(8)18(16,17)15-7-3-1-2-4-7/h5-7,15H,1-4,14H2. The smallest absolute Gasteiger partial charge is 0.242 e. The molecule has 0 spiro atoms. The predicted molar refractivity (Wildman–Crippen MR) is 68.4 cm³/mol. The fraction of sp³-hybridized carbons (Fsp3) is 0.455. The topological polar surface area (TPSA) is 72.2 Å². The van der Waals surface area contributed by atoms with Crippen molar-refractivity contribution in [3.63, 3.8) is 0 Å². The highest BCUT2D eigenvalue weighted by Crippen LogP contribution is 2.27. The molecular weight excluding hydrogens is 279 g/mol. The number of hydrogen-bond acceptors (Lipinski definition) is 3. The monoisotopic (exact) mass is 292 g/mol. The van der Waals surface area contributed by atoms with Gasteiger partial charge in [-0.25, -0.2) is 17.5 Å². The van der Waals surface area contributed by atoms with Gasteiger partial charge in [0.2, 0.25) is 10.0 Å². The lowest BCUT2D eigenvalue weighted by Crippen LogP contribution is -2.32. The Bertz CT molecular complexity index is 556. The van der Waals surface area contributed by atoms with E-state index in [-0.39, 0.29) is 21.6 Å². The first-order valence-corrected chi connectivity index (χ1v) is 7.53. The first-order valence-electron chi connectivity index (χ1n) is 5.67. The predicted octanol–water partition coefficient (Wildman–Crippen LogP) is 2.28. The Labute approximate surface area is 110 Å². The number of nitrogens with two attached hydrogens (primary N) is 1. The van der Waals surface area contributed by atoms with Gasteiger partial charge in [0.15, 0.2) is 0 Å². The Morgan fingerprint density at radius 2 is 1.94 bits per heavy atom. The van der Waals surface area contributed by atoms with Crippen molar-refractivity contribution < 1.29 is 12.8 Å². The number of benzene rings is 1. The molecule has 3 N–H and O–H groups in total. The summed E-state index contributed by atoms with van der Waals surface area (Å²) < 4.78 is 39.9. The van der Waals surface area contributed by atoms with E-state index in [9.17, 15) is 12.8 Å². The first kappa shape index (κ1) is 13.6. The van der Waals surface area contributed by atoms with Crippen LogP contribution in [-0.4, -0.2) is 14.5 Å². The van der Waals surface area contributed by atoms with E-state index >= 15 is 0 Å². The van der Waals surface area contributed by atoms with Gasteiger partial charge in [0.1, 0.15) is 10.7 Å². The summed E-state index contributed by atoms with van der Waals surface area (Å²) in [6, 6.07) is 1.90. The van der Waals surface area contributed by atoms with E-state index in [1.54, 1.807) is 0 Å². The summed E-state index contributed by atoms with van der Waals surface area (Å²) in [5.41, 5.74) is 5.14. The van der Waals surface area contributed by atoms with Crippen LogP contribution in [0.4, 0.5) is 10.1 Å². The van der Waals surface area contributed by atoms with Gasteiger partial charge in [-0.1, -0.05) is 24.4 Å². The van der Waals surface area contributed by atoms with Crippen molar-refractivity contribution in [2.24, 2.45) is 0 Å². The highest BCUT2D eigenvalue weighted by Gasteiger charge is 2.25. The Morgan fingerprint density at radius 1 is 1.33 bits per heavy atom. The number of nitrogen functional groups attached to an aromatic ring is 1. The number of rotatable bonds is 3. The molecule has 4 nitrogen and oxygen atoms in total. The van der Waals surface area contributed by atoms with Gasteiger partial charge in [-0.3, -0.25) is 0 Å². The van der Waals surface area contributed by atoms with Crippen LogP contribution in [0.3, 0.4) is 0 Å². The summed E-state index contributed by atoms with van der Waals surface area (Å²) >= 11 is 5.76. The molecule has 0 unspecified atom stereocenters. The van der Waals surface area contributed by atoms with Crippen molar-refractivity contribution in [2.45, 2.75) is 36.6 Å². The lowest BCUT2D eigenvalue weighted by Gasteiger charge is -2.14. The Balaban J connectivity index is 2.31. The molecule has 0 aliphatic heterocycles. The average Bonchev–Trinajstić information content (AvgIpc) is 2.75. The molecule has 1 saturated carbocycles. The Hall–Kier alpha value is -0.850. The summed E-state index contributed by atoms with van der Waals surface area (Å²) in [6.07, 6.45) is 3.64. The molecule has 1 fully saturated rings. The first-order chi connectivity index (χ1) is 8.40. The minimum absolute atomic E-state index is 0.0719. The molecule has 0 aromatic heterocycles. The van der Waals surface area contributed by atoms with Gasteiger partial charge in [-0.05, 0) is 25.0 Å². The van der Waals surface area contributed by atoms with Gasteiger partial charge in [0.05, 0.1) is 10.7 Å². The summed E-state index contributed by atoms with van der Waals surface area (Å²) in [7, 11) is -3.74. The van der Waals surface area contributed by atoms with Crippen LogP contribution in [-0.2, 0) is 10.0 Å². The normalized spacial score (nSPS) is 17.2. The number of anilines is 1. The van der Waals surface area contributed by atoms with Crippen LogP contribution < -0.4 is 10.5 Å².